The summed E-state index contributed by atoms with van der Waals surface area (Å²) in [6, 6.07) is 10.4. The summed E-state index contributed by atoms with van der Waals surface area (Å²) in [4.78, 5) is 13.9. The lowest BCUT2D eigenvalue weighted by Crippen LogP contribution is -2.59. The Morgan fingerprint density at radius 2 is 1.94 bits per heavy atom. The van der Waals surface area contributed by atoms with E-state index < -0.39 is 5.54 Å². The molecule has 18 heavy (non-hydrogen) atoms. The van der Waals surface area contributed by atoms with Crippen LogP contribution in [-0.2, 0) is 11.3 Å². The fourth-order valence-corrected chi connectivity index (χ4v) is 2.55. The lowest BCUT2D eigenvalue weighted by atomic mass is 9.87. The zero-order chi connectivity index (χ0) is 13.0. The van der Waals surface area contributed by atoms with E-state index in [4.69, 9.17) is 5.73 Å². The number of amides is 1. The van der Waals surface area contributed by atoms with Gasteiger partial charge in [0.25, 0.3) is 0 Å². The van der Waals surface area contributed by atoms with Crippen molar-refractivity contribution in [2.45, 2.75) is 24.9 Å². The zero-order valence-corrected chi connectivity index (χ0v) is 10.9. The van der Waals surface area contributed by atoms with Crippen molar-refractivity contribution in [2.75, 3.05) is 20.1 Å². The van der Waals surface area contributed by atoms with Crippen LogP contribution < -0.4 is 11.1 Å². The number of benzene rings is 1. The topological polar surface area (TPSA) is 58.4 Å². The van der Waals surface area contributed by atoms with Crippen LogP contribution in [0.3, 0.4) is 0 Å². The van der Waals surface area contributed by atoms with Gasteiger partial charge in [-0.1, -0.05) is 30.3 Å². The number of likely N-dealkylation sites (tertiary alicyclic amines) is 1. The number of nitrogens with one attached hydrogen (secondary N) is 1. The minimum atomic E-state index is -0.507. The van der Waals surface area contributed by atoms with Gasteiger partial charge in [0.1, 0.15) is 0 Å². The van der Waals surface area contributed by atoms with E-state index in [2.05, 4.69) is 34.5 Å². The molecule has 0 aliphatic carbocycles. The molecule has 1 aromatic carbocycles. The van der Waals surface area contributed by atoms with E-state index in [1.54, 1.807) is 0 Å². The van der Waals surface area contributed by atoms with Crippen LogP contribution in [0.4, 0.5) is 0 Å². The maximum Gasteiger partial charge on any atom is 0.237 e. The number of hydrogen-bond donors (Lipinski definition) is 2. The number of primary amides is 1. The Bertz CT molecular complexity index is 397. The number of carbonyl (C=O) groups excluding carboxylic acids is 1. The van der Waals surface area contributed by atoms with Crippen LogP contribution in [0, 0.1) is 0 Å². The quantitative estimate of drug-likeness (QED) is 0.824. The van der Waals surface area contributed by atoms with Gasteiger partial charge in [0.15, 0.2) is 0 Å². The molecule has 1 saturated heterocycles. The number of nitrogens with two attached hydrogens (primary N) is 1. The summed E-state index contributed by atoms with van der Waals surface area (Å²) in [5.41, 5.74) is 6.30. The first-order valence-corrected chi connectivity index (χ1v) is 6.41. The molecule has 4 heteroatoms. The Kier molecular flexibility index (Phi) is 3.99. The van der Waals surface area contributed by atoms with Gasteiger partial charge in [-0.2, -0.15) is 0 Å². The highest BCUT2D eigenvalue weighted by Crippen LogP contribution is 2.22. The van der Waals surface area contributed by atoms with Gasteiger partial charge in [-0.25, -0.2) is 0 Å². The van der Waals surface area contributed by atoms with Crippen molar-refractivity contribution in [2.24, 2.45) is 5.73 Å². The molecule has 0 atom stereocenters. The molecule has 1 aromatic rings. The lowest BCUT2D eigenvalue weighted by Gasteiger charge is -2.39. The van der Waals surface area contributed by atoms with Gasteiger partial charge in [-0.3, -0.25) is 9.69 Å². The van der Waals surface area contributed by atoms with Crippen molar-refractivity contribution >= 4 is 5.91 Å². The molecule has 0 bridgehead atoms. The highest BCUT2D eigenvalue weighted by molar-refractivity contribution is 5.84. The van der Waals surface area contributed by atoms with Crippen molar-refractivity contribution in [1.82, 2.24) is 10.2 Å². The molecule has 1 fully saturated rings. The SMILES string of the molecule is CNC1(C(N)=O)CCN(Cc2ccccc2)CC1. The van der Waals surface area contributed by atoms with Gasteiger partial charge in [-0.15, -0.1) is 0 Å². The van der Waals surface area contributed by atoms with Gasteiger partial charge >= 0.3 is 0 Å². The predicted octanol–water partition coefficient (Wildman–Crippen LogP) is 0.726. The predicted molar refractivity (Wildman–Crippen MR) is 71.9 cm³/mol. The average molecular weight is 247 g/mol. The van der Waals surface area contributed by atoms with Crippen LogP contribution in [0.15, 0.2) is 30.3 Å². The van der Waals surface area contributed by atoms with E-state index in [0.717, 1.165) is 32.5 Å². The van der Waals surface area contributed by atoms with E-state index in [-0.39, 0.29) is 5.91 Å². The first-order valence-electron chi connectivity index (χ1n) is 6.41. The summed E-state index contributed by atoms with van der Waals surface area (Å²) in [7, 11) is 1.82. The van der Waals surface area contributed by atoms with Crippen molar-refractivity contribution < 1.29 is 4.79 Å². The van der Waals surface area contributed by atoms with E-state index in [0.29, 0.717) is 0 Å². The van der Waals surface area contributed by atoms with Gasteiger partial charge in [0.2, 0.25) is 5.91 Å². The minimum Gasteiger partial charge on any atom is -0.368 e. The van der Waals surface area contributed by atoms with Crippen LogP contribution in [0.1, 0.15) is 18.4 Å². The lowest BCUT2D eigenvalue weighted by molar-refractivity contribution is -0.126. The fraction of sp³-hybridized carbons (Fsp3) is 0.500. The number of carbonyl (C=O) groups is 1. The Hall–Kier alpha value is -1.39. The summed E-state index contributed by atoms with van der Waals surface area (Å²) in [5.74, 6) is -0.232. The van der Waals surface area contributed by atoms with E-state index in [9.17, 15) is 4.79 Å². The van der Waals surface area contributed by atoms with Crippen LogP contribution in [0.25, 0.3) is 0 Å². The molecule has 0 unspecified atom stereocenters. The van der Waals surface area contributed by atoms with Crippen LogP contribution in [0.2, 0.25) is 0 Å². The van der Waals surface area contributed by atoms with E-state index in [1.165, 1.54) is 5.56 Å². The summed E-state index contributed by atoms with van der Waals surface area (Å²) in [6.07, 6.45) is 1.57. The summed E-state index contributed by atoms with van der Waals surface area (Å²) >= 11 is 0. The van der Waals surface area contributed by atoms with Crippen LogP contribution in [-0.4, -0.2) is 36.5 Å². The molecule has 0 spiro atoms. The molecule has 1 aliphatic rings. The third kappa shape index (κ3) is 2.71. The summed E-state index contributed by atoms with van der Waals surface area (Å²) < 4.78 is 0. The fourth-order valence-electron chi connectivity index (χ4n) is 2.55. The van der Waals surface area contributed by atoms with Gasteiger partial charge in [0.05, 0.1) is 5.54 Å². The smallest absolute Gasteiger partial charge is 0.237 e. The molecule has 98 valence electrons. The zero-order valence-electron chi connectivity index (χ0n) is 10.9. The first-order chi connectivity index (χ1) is 8.66. The van der Waals surface area contributed by atoms with Gasteiger partial charge < -0.3 is 11.1 Å². The molecule has 1 heterocycles. The Balaban J connectivity index is 1.93. The molecule has 0 saturated carbocycles. The van der Waals surface area contributed by atoms with Crippen LogP contribution in [0.5, 0.6) is 0 Å². The molecule has 1 aliphatic heterocycles. The third-order valence-corrected chi connectivity index (χ3v) is 3.91. The van der Waals surface area contributed by atoms with E-state index in [1.807, 2.05) is 13.1 Å². The molecule has 3 N–H and O–H groups in total. The summed E-state index contributed by atoms with van der Waals surface area (Å²) in [6.45, 7) is 2.75. The molecule has 1 amide bonds. The maximum absolute atomic E-state index is 11.5. The second kappa shape index (κ2) is 5.50. The van der Waals surface area contributed by atoms with Gasteiger partial charge in [-0.05, 0) is 25.5 Å². The Morgan fingerprint density at radius 1 is 1.33 bits per heavy atom. The highest BCUT2D eigenvalue weighted by Gasteiger charge is 2.38. The van der Waals surface area contributed by atoms with Gasteiger partial charge in [0, 0.05) is 19.6 Å². The molecular weight excluding hydrogens is 226 g/mol. The highest BCUT2D eigenvalue weighted by atomic mass is 16.1. The monoisotopic (exact) mass is 247 g/mol. The molecular formula is C14H21N3O. The molecule has 0 aromatic heterocycles. The first kappa shape index (κ1) is 13.1. The molecule has 0 radical (unpaired) electrons. The number of nitrogens with zero attached hydrogens (tertiary/aromatic N) is 1. The van der Waals surface area contributed by atoms with Crippen molar-refractivity contribution in [3.05, 3.63) is 35.9 Å². The molecule has 2 rings (SSSR count). The number of hydrogen-bond acceptors (Lipinski definition) is 3. The third-order valence-electron chi connectivity index (χ3n) is 3.91. The van der Waals surface area contributed by atoms with Crippen LogP contribution >= 0.6 is 0 Å². The second-order valence-corrected chi connectivity index (χ2v) is 4.96. The van der Waals surface area contributed by atoms with Crippen molar-refractivity contribution in [1.29, 1.82) is 0 Å². The number of likely N-dealkylation sites (N-methyl/N-ethyl adjacent to an activating group) is 1. The Morgan fingerprint density at radius 3 is 2.44 bits per heavy atom. The molecule has 4 nitrogen and oxygen atoms in total. The summed E-state index contributed by atoms with van der Waals surface area (Å²) in [5, 5.41) is 3.10. The largest absolute Gasteiger partial charge is 0.368 e. The van der Waals surface area contributed by atoms with Crippen molar-refractivity contribution in [3.8, 4) is 0 Å². The normalized spacial score (nSPS) is 19.6. The number of piperidine rings is 1. The van der Waals surface area contributed by atoms with E-state index >= 15 is 0 Å². The second-order valence-electron chi connectivity index (χ2n) is 4.96. The minimum absolute atomic E-state index is 0.232. The Labute approximate surface area is 108 Å². The maximum atomic E-state index is 11.5. The average Bonchev–Trinajstić information content (AvgIpc) is 2.41. The van der Waals surface area contributed by atoms with Crippen molar-refractivity contribution in [3.63, 3.8) is 0 Å². The standard InChI is InChI=1S/C14H21N3O/c1-16-14(13(15)18)7-9-17(10-8-14)11-12-5-3-2-4-6-12/h2-6,16H,7-11H2,1H3,(H2,15,18). The number of rotatable bonds is 4.